The molecule has 2 aromatic rings. The molecule has 1 fully saturated rings. The van der Waals surface area contributed by atoms with Crippen LogP contribution in [0, 0.1) is 6.92 Å². The number of carbonyl (C=O) groups excluding carboxylic acids is 1. The highest BCUT2D eigenvalue weighted by Gasteiger charge is 2.15. The van der Waals surface area contributed by atoms with E-state index in [0.717, 1.165) is 24.3 Å². The molecule has 2 heterocycles. The summed E-state index contributed by atoms with van der Waals surface area (Å²) < 4.78 is 5.23. The molecular formula is C18H23N3O2. The van der Waals surface area contributed by atoms with Gasteiger partial charge in [0.25, 0.3) is 0 Å². The van der Waals surface area contributed by atoms with Crippen LogP contribution in [0.25, 0.3) is 11.3 Å². The number of hydrogen-bond acceptors (Lipinski definition) is 4. The fraction of sp³-hybridized carbons (Fsp3) is 0.444. The molecule has 5 nitrogen and oxygen atoms in total. The van der Waals surface area contributed by atoms with Crippen LogP contribution in [0.4, 0.5) is 5.88 Å². The number of likely N-dealkylation sites (tertiary alicyclic amines) is 1. The van der Waals surface area contributed by atoms with Crippen molar-refractivity contribution in [2.45, 2.75) is 32.6 Å². The van der Waals surface area contributed by atoms with Crippen LogP contribution in [-0.2, 0) is 4.79 Å². The van der Waals surface area contributed by atoms with E-state index in [0.29, 0.717) is 12.4 Å². The summed E-state index contributed by atoms with van der Waals surface area (Å²) in [5, 5.41) is 6.83. The minimum Gasteiger partial charge on any atom is -0.338 e. The summed E-state index contributed by atoms with van der Waals surface area (Å²) >= 11 is 0. The summed E-state index contributed by atoms with van der Waals surface area (Å²) in [6.45, 7) is 4.46. The van der Waals surface area contributed by atoms with Crippen LogP contribution in [0.1, 0.15) is 31.2 Å². The number of nitrogens with zero attached hydrogens (tertiary/aromatic N) is 2. The fourth-order valence-corrected chi connectivity index (χ4v) is 2.87. The van der Waals surface area contributed by atoms with Gasteiger partial charge in [-0.15, -0.1) is 0 Å². The van der Waals surface area contributed by atoms with Crippen molar-refractivity contribution in [1.29, 1.82) is 0 Å². The second-order valence-electron chi connectivity index (χ2n) is 6.18. The van der Waals surface area contributed by atoms with Crippen LogP contribution in [0.5, 0.6) is 0 Å². The number of rotatable bonds is 4. The van der Waals surface area contributed by atoms with Crippen LogP contribution in [0.2, 0.25) is 0 Å². The van der Waals surface area contributed by atoms with Gasteiger partial charge in [0.1, 0.15) is 5.69 Å². The molecule has 23 heavy (non-hydrogen) atoms. The number of amides is 1. The average molecular weight is 313 g/mol. The van der Waals surface area contributed by atoms with Gasteiger partial charge in [-0.25, -0.2) is 0 Å². The Morgan fingerprint density at radius 3 is 2.57 bits per heavy atom. The van der Waals surface area contributed by atoms with Crippen molar-refractivity contribution in [3.63, 3.8) is 0 Å². The lowest BCUT2D eigenvalue weighted by Gasteiger charge is -2.18. The fourth-order valence-electron chi connectivity index (χ4n) is 2.87. The summed E-state index contributed by atoms with van der Waals surface area (Å²) in [5.74, 6) is 0.360. The number of benzene rings is 1. The molecule has 1 saturated heterocycles. The molecule has 1 aromatic carbocycles. The largest absolute Gasteiger partial charge is 0.338 e. The Kier molecular flexibility index (Phi) is 5.08. The highest BCUT2D eigenvalue weighted by atomic mass is 16.5. The smallest absolute Gasteiger partial charge is 0.240 e. The first kappa shape index (κ1) is 15.7. The third-order valence-corrected chi connectivity index (χ3v) is 4.19. The van der Waals surface area contributed by atoms with Gasteiger partial charge >= 0.3 is 0 Å². The van der Waals surface area contributed by atoms with Gasteiger partial charge in [-0.2, -0.15) is 0 Å². The first-order valence-corrected chi connectivity index (χ1v) is 8.27. The molecule has 122 valence electrons. The predicted octanol–water partition coefficient (Wildman–Crippen LogP) is 3.46. The molecule has 0 unspecified atom stereocenters. The normalized spacial score (nSPS) is 16.0. The average Bonchev–Trinajstić information content (AvgIpc) is 2.84. The highest BCUT2D eigenvalue weighted by Crippen LogP contribution is 2.22. The Morgan fingerprint density at radius 1 is 1.17 bits per heavy atom. The quantitative estimate of drug-likeness (QED) is 0.939. The van der Waals surface area contributed by atoms with Crippen LogP contribution < -0.4 is 5.32 Å². The van der Waals surface area contributed by atoms with Gasteiger partial charge in [0, 0.05) is 11.6 Å². The maximum absolute atomic E-state index is 12.1. The van der Waals surface area contributed by atoms with Gasteiger partial charge in [-0.3, -0.25) is 15.0 Å². The third kappa shape index (κ3) is 4.42. The minimum atomic E-state index is -0.0430. The van der Waals surface area contributed by atoms with Gasteiger partial charge in [0.15, 0.2) is 0 Å². The lowest BCUT2D eigenvalue weighted by molar-refractivity contribution is -0.117. The lowest BCUT2D eigenvalue weighted by Crippen LogP contribution is -2.33. The lowest BCUT2D eigenvalue weighted by atomic mass is 10.1. The number of aryl methyl sites for hydroxylation is 1. The van der Waals surface area contributed by atoms with Crippen molar-refractivity contribution in [1.82, 2.24) is 10.1 Å². The second kappa shape index (κ2) is 7.42. The zero-order valence-electron chi connectivity index (χ0n) is 13.5. The minimum absolute atomic E-state index is 0.0430. The number of nitrogens with one attached hydrogen (secondary N) is 1. The Bertz CT molecular complexity index is 641. The van der Waals surface area contributed by atoms with Crippen LogP contribution in [0.3, 0.4) is 0 Å². The number of anilines is 1. The van der Waals surface area contributed by atoms with E-state index >= 15 is 0 Å². The van der Waals surface area contributed by atoms with Crippen molar-refractivity contribution < 1.29 is 9.32 Å². The van der Waals surface area contributed by atoms with Gasteiger partial charge < -0.3 is 4.52 Å². The van der Waals surface area contributed by atoms with E-state index in [-0.39, 0.29) is 5.91 Å². The van der Waals surface area contributed by atoms with Crippen molar-refractivity contribution in [3.05, 3.63) is 35.9 Å². The summed E-state index contributed by atoms with van der Waals surface area (Å²) in [4.78, 5) is 14.4. The number of hydrogen-bond donors (Lipinski definition) is 1. The third-order valence-electron chi connectivity index (χ3n) is 4.19. The maximum Gasteiger partial charge on any atom is 0.240 e. The molecule has 0 aliphatic carbocycles. The topological polar surface area (TPSA) is 58.4 Å². The Morgan fingerprint density at radius 2 is 1.87 bits per heavy atom. The van der Waals surface area contributed by atoms with E-state index in [4.69, 9.17) is 4.52 Å². The molecular weight excluding hydrogens is 290 g/mol. The Balaban J connectivity index is 1.57. The zero-order chi connectivity index (χ0) is 16.1. The van der Waals surface area contributed by atoms with Gasteiger partial charge in [0.05, 0.1) is 6.54 Å². The molecule has 0 bridgehead atoms. The van der Waals surface area contributed by atoms with Crippen LogP contribution >= 0.6 is 0 Å². The molecule has 0 atom stereocenters. The summed E-state index contributed by atoms with van der Waals surface area (Å²) in [6, 6.07) is 9.82. The SMILES string of the molecule is Cc1ccc(-c2cc(NC(=O)CN3CCCCCC3)on2)cc1. The molecule has 0 radical (unpaired) electrons. The Labute approximate surface area is 136 Å². The monoisotopic (exact) mass is 313 g/mol. The number of carbonyl (C=O) groups is 1. The van der Waals surface area contributed by atoms with Crippen LogP contribution in [0.15, 0.2) is 34.9 Å². The van der Waals surface area contributed by atoms with E-state index in [9.17, 15) is 4.79 Å². The van der Waals surface area contributed by atoms with Crippen molar-refractivity contribution in [2.24, 2.45) is 0 Å². The standard InChI is InChI=1S/C18H23N3O2/c1-14-6-8-15(9-7-14)16-12-18(23-20-16)19-17(22)13-21-10-4-2-3-5-11-21/h6-9,12H,2-5,10-11,13H2,1H3,(H,19,22). The molecule has 1 N–H and O–H groups in total. The Hall–Kier alpha value is -2.14. The zero-order valence-corrected chi connectivity index (χ0v) is 13.5. The molecule has 1 amide bonds. The van der Waals surface area contributed by atoms with Crippen molar-refractivity contribution >= 4 is 11.8 Å². The molecule has 5 heteroatoms. The van der Waals surface area contributed by atoms with Crippen molar-refractivity contribution in [2.75, 3.05) is 25.0 Å². The van der Waals surface area contributed by atoms with E-state index < -0.39 is 0 Å². The van der Waals surface area contributed by atoms with Gasteiger partial charge in [-0.05, 0) is 32.9 Å². The maximum atomic E-state index is 12.1. The molecule has 1 aliphatic rings. The van der Waals surface area contributed by atoms with E-state index in [1.807, 2.05) is 31.2 Å². The molecule has 0 saturated carbocycles. The van der Waals surface area contributed by atoms with Gasteiger partial charge in [0.2, 0.25) is 11.8 Å². The predicted molar refractivity (Wildman–Crippen MR) is 90.2 cm³/mol. The number of aromatic nitrogens is 1. The molecule has 3 rings (SSSR count). The highest BCUT2D eigenvalue weighted by molar-refractivity contribution is 5.91. The molecule has 1 aliphatic heterocycles. The summed E-state index contributed by atoms with van der Waals surface area (Å²) in [5.41, 5.74) is 2.91. The summed E-state index contributed by atoms with van der Waals surface area (Å²) in [7, 11) is 0. The first-order chi connectivity index (χ1) is 11.2. The van der Waals surface area contributed by atoms with E-state index in [1.54, 1.807) is 6.07 Å². The second-order valence-corrected chi connectivity index (χ2v) is 6.18. The van der Waals surface area contributed by atoms with Gasteiger partial charge in [-0.1, -0.05) is 47.8 Å². The van der Waals surface area contributed by atoms with Crippen molar-refractivity contribution in [3.8, 4) is 11.3 Å². The molecule has 1 aromatic heterocycles. The van der Waals surface area contributed by atoms with E-state index in [2.05, 4.69) is 15.4 Å². The molecule has 0 spiro atoms. The summed E-state index contributed by atoms with van der Waals surface area (Å²) in [6.07, 6.45) is 4.88. The first-order valence-electron chi connectivity index (χ1n) is 8.27. The van der Waals surface area contributed by atoms with E-state index in [1.165, 1.54) is 31.2 Å². The van der Waals surface area contributed by atoms with Crippen LogP contribution in [-0.4, -0.2) is 35.6 Å².